The second-order valence-corrected chi connectivity index (χ2v) is 3.65. The van der Waals surface area contributed by atoms with E-state index in [0.717, 1.165) is 6.54 Å². The van der Waals surface area contributed by atoms with Crippen LogP contribution in [0, 0.1) is 0 Å². The average molecular weight is 246 g/mol. The molecule has 0 aliphatic carbocycles. The van der Waals surface area contributed by atoms with Gasteiger partial charge in [0.15, 0.2) is 5.82 Å². The van der Waals surface area contributed by atoms with Crippen LogP contribution in [0.25, 0.3) is 0 Å². The summed E-state index contributed by atoms with van der Waals surface area (Å²) < 4.78 is 1.61. The molecule has 0 radical (unpaired) electrons. The summed E-state index contributed by atoms with van der Waals surface area (Å²) in [6, 6.07) is 1.71. The zero-order valence-corrected chi connectivity index (χ0v) is 10.2. The Morgan fingerprint density at radius 2 is 2.22 bits per heavy atom. The Hall–Kier alpha value is -2.44. The monoisotopic (exact) mass is 246 g/mol. The van der Waals surface area contributed by atoms with Gasteiger partial charge in [0, 0.05) is 25.9 Å². The number of aromatic nitrogens is 4. The summed E-state index contributed by atoms with van der Waals surface area (Å²) >= 11 is 0. The van der Waals surface area contributed by atoms with Gasteiger partial charge in [-0.25, -0.2) is 4.98 Å². The fourth-order valence-electron chi connectivity index (χ4n) is 1.40. The zero-order valence-electron chi connectivity index (χ0n) is 10.2. The second-order valence-electron chi connectivity index (χ2n) is 3.65. The largest absolute Gasteiger partial charge is 0.369 e. The lowest BCUT2D eigenvalue weighted by Gasteiger charge is -2.04. The van der Waals surface area contributed by atoms with E-state index >= 15 is 0 Å². The number of amides is 1. The molecule has 0 atom stereocenters. The third-order valence-corrected chi connectivity index (χ3v) is 2.18. The highest BCUT2D eigenvalue weighted by Crippen LogP contribution is 2.06. The molecule has 0 spiro atoms. The summed E-state index contributed by atoms with van der Waals surface area (Å²) in [5.74, 6) is 0.727. The van der Waals surface area contributed by atoms with Crippen LogP contribution in [0.5, 0.6) is 0 Å². The Bertz CT molecular complexity index is 550. The molecular formula is C11H14N6O. The molecule has 0 saturated heterocycles. The van der Waals surface area contributed by atoms with Gasteiger partial charge in [0.2, 0.25) is 0 Å². The normalized spacial score (nSPS) is 10.1. The van der Waals surface area contributed by atoms with Crippen LogP contribution in [0.1, 0.15) is 17.4 Å². The first-order valence-electron chi connectivity index (χ1n) is 5.56. The number of carbonyl (C=O) groups excluding carboxylic acids is 1. The van der Waals surface area contributed by atoms with Gasteiger partial charge in [0.05, 0.1) is 12.4 Å². The van der Waals surface area contributed by atoms with Crippen molar-refractivity contribution >= 4 is 17.5 Å². The topological polar surface area (TPSA) is 84.7 Å². The van der Waals surface area contributed by atoms with E-state index in [0.29, 0.717) is 11.6 Å². The molecule has 1 amide bonds. The molecule has 18 heavy (non-hydrogen) atoms. The number of nitrogens with zero attached hydrogens (tertiary/aromatic N) is 4. The molecule has 94 valence electrons. The number of anilines is 2. The Labute approximate surface area is 104 Å². The fourth-order valence-corrected chi connectivity index (χ4v) is 1.40. The van der Waals surface area contributed by atoms with E-state index in [1.807, 2.05) is 6.92 Å². The Morgan fingerprint density at radius 3 is 2.89 bits per heavy atom. The van der Waals surface area contributed by atoms with Crippen LogP contribution >= 0.6 is 0 Å². The summed E-state index contributed by atoms with van der Waals surface area (Å²) in [6.45, 7) is 2.67. The van der Waals surface area contributed by atoms with Gasteiger partial charge in [0.25, 0.3) is 5.91 Å². The molecule has 7 nitrogen and oxygen atoms in total. The molecule has 0 saturated carbocycles. The Balaban J connectivity index is 2.11. The first-order valence-corrected chi connectivity index (χ1v) is 5.56. The third kappa shape index (κ3) is 2.82. The highest BCUT2D eigenvalue weighted by Gasteiger charge is 2.10. The molecule has 0 aliphatic heterocycles. The Kier molecular flexibility index (Phi) is 3.52. The van der Waals surface area contributed by atoms with E-state index in [1.165, 1.54) is 6.20 Å². The average Bonchev–Trinajstić information content (AvgIpc) is 2.75. The minimum absolute atomic E-state index is 0.249. The molecule has 2 N–H and O–H groups in total. The highest BCUT2D eigenvalue weighted by molar-refractivity contribution is 6.02. The van der Waals surface area contributed by atoms with Gasteiger partial charge in [-0.15, -0.1) is 0 Å². The van der Waals surface area contributed by atoms with Crippen molar-refractivity contribution in [1.29, 1.82) is 0 Å². The van der Waals surface area contributed by atoms with Crippen molar-refractivity contribution in [2.24, 2.45) is 7.05 Å². The maximum absolute atomic E-state index is 11.9. The summed E-state index contributed by atoms with van der Waals surface area (Å²) in [5.41, 5.74) is 0.249. The number of aryl methyl sites for hydroxylation is 1. The van der Waals surface area contributed by atoms with E-state index in [-0.39, 0.29) is 11.6 Å². The minimum Gasteiger partial charge on any atom is -0.369 e. The lowest BCUT2D eigenvalue weighted by atomic mass is 10.4. The van der Waals surface area contributed by atoms with Crippen LogP contribution in [-0.2, 0) is 7.05 Å². The molecule has 2 rings (SSSR count). The smallest absolute Gasteiger partial charge is 0.277 e. The van der Waals surface area contributed by atoms with E-state index in [1.54, 1.807) is 30.2 Å². The van der Waals surface area contributed by atoms with Crippen LogP contribution in [0.2, 0.25) is 0 Å². The summed E-state index contributed by atoms with van der Waals surface area (Å²) in [6.07, 6.45) is 4.73. The van der Waals surface area contributed by atoms with Gasteiger partial charge in [-0.1, -0.05) is 0 Å². The predicted octanol–water partition coefficient (Wildman–Crippen LogP) is 0.894. The van der Waals surface area contributed by atoms with E-state index in [4.69, 9.17) is 0 Å². The molecular weight excluding hydrogens is 232 g/mol. The maximum Gasteiger partial charge on any atom is 0.277 e. The van der Waals surface area contributed by atoms with Crippen LogP contribution in [0.3, 0.4) is 0 Å². The minimum atomic E-state index is -0.332. The fraction of sp³-hybridized carbons (Fsp3) is 0.273. The number of hydrogen-bond acceptors (Lipinski definition) is 5. The summed E-state index contributed by atoms with van der Waals surface area (Å²) in [7, 11) is 1.78. The Morgan fingerprint density at radius 1 is 1.39 bits per heavy atom. The van der Waals surface area contributed by atoms with Crippen molar-refractivity contribution in [2.75, 3.05) is 17.2 Å². The van der Waals surface area contributed by atoms with Gasteiger partial charge >= 0.3 is 0 Å². The van der Waals surface area contributed by atoms with Crippen LogP contribution in [0.4, 0.5) is 11.6 Å². The molecule has 2 aromatic rings. The summed E-state index contributed by atoms with van der Waals surface area (Å²) in [5, 5.41) is 9.70. The first kappa shape index (κ1) is 12.0. The van der Waals surface area contributed by atoms with Crippen molar-refractivity contribution in [3.63, 3.8) is 0 Å². The van der Waals surface area contributed by atoms with Gasteiger partial charge in [-0.2, -0.15) is 5.10 Å². The highest BCUT2D eigenvalue weighted by atomic mass is 16.2. The van der Waals surface area contributed by atoms with Crippen LogP contribution < -0.4 is 10.6 Å². The summed E-state index contributed by atoms with van der Waals surface area (Å²) in [4.78, 5) is 20.0. The lowest BCUT2D eigenvalue weighted by molar-refractivity contribution is 0.102. The van der Waals surface area contributed by atoms with Gasteiger partial charge in [-0.3, -0.25) is 14.5 Å². The van der Waals surface area contributed by atoms with Gasteiger partial charge < -0.3 is 10.6 Å². The van der Waals surface area contributed by atoms with E-state index in [2.05, 4.69) is 25.7 Å². The van der Waals surface area contributed by atoms with E-state index in [9.17, 15) is 4.79 Å². The van der Waals surface area contributed by atoms with Crippen molar-refractivity contribution in [3.05, 3.63) is 30.4 Å². The van der Waals surface area contributed by atoms with Crippen molar-refractivity contribution < 1.29 is 4.79 Å². The molecule has 2 aromatic heterocycles. The molecule has 0 unspecified atom stereocenters. The molecule has 0 aromatic carbocycles. The van der Waals surface area contributed by atoms with E-state index < -0.39 is 0 Å². The molecule has 0 fully saturated rings. The zero-order chi connectivity index (χ0) is 13.0. The van der Waals surface area contributed by atoms with Crippen LogP contribution in [0.15, 0.2) is 24.7 Å². The third-order valence-electron chi connectivity index (χ3n) is 2.18. The van der Waals surface area contributed by atoms with Crippen molar-refractivity contribution in [1.82, 2.24) is 19.7 Å². The lowest BCUT2D eigenvalue weighted by Crippen LogP contribution is -2.15. The quantitative estimate of drug-likeness (QED) is 0.837. The molecule has 7 heteroatoms. The SMILES string of the molecule is CCNc1cncc(C(=O)Nc2ccn(C)n2)n1. The first-order chi connectivity index (χ1) is 8.69. The predicted molar refractivity (Wildman–Crippen MR) is 67.4 cm³/mol. The molecule has 0 aliphatic rings. The standard InChI is InChI=1S/C11H14N6O/c1-3-13-10-7-12-6-8(14-10)11(18)15-9-4-5-17(2)16-9/h4-7H,3H2,1-2H3,(H,13,14)(H,15,16,18). The number of nitrogens with one attached hydrogen (secondary N) is 2. The number of rotatable bonds is 4. The molecule has 0 bridgehead atoms. The maximum atomic E-state index is 11.9. The van der Waals surface area contributed by atoms with Gasteiger partial charge in [-0.05, 0) is 6.92 Å². The van der Waals surface area contributed by atoms with Gasteiger partial charge in [0.1, 0.15) is 11.5 Å². The van der Waals surface area contributed by atoms with Crippen molar-refractivity contribution in [2.45, 2.75) is 6.92 Å². The number of carbonyl (C=O) groups is 1. The second kappa shape index (κ2) is 5.26. The number of hydrogen-bond donors (Lipinski definition) is 2. The molecule has 2 heterocycles. The van der Waals surface area contributed by atoms with Crippen LogP contribution in [-0.4, -0.2) is 32.2 Å². The van der Waals surface area contributed by atoms with Crippen molar-refractivity contribution in [3.8, 4) is 0 Å².